The molecule has 1 unspecified atom stereocenters. The minimum Gasteiger partial charge on any atom is -0.456 e. The number of amides is 2. The predicted octanol–water partition coefficient (Wildman–Crippen LogP) is 2.76. The lowest BCUT2D eigenvalue weighted by atomic mass is 9.95. The van der Waals surface area contributed by atoms with Gasteiger partial charge in [0.2, 0.25) is 11.6 Å². The summed E-state index contributed by atoms with van der Waals surface area (Å²) in [4.78, 5) is 46.8. The Labute approximate surface area is 169 Å². The van der Waals surface area contributed by atoms with E-state index in [-0.39, 0.29) is 37.2 Å². The Morgan fingerprint density at radius 3 is 2.66 bits per heavy atom. The van der Waals surface area contributed by atoms with Crippen LogP contribution in [0.25, 0.3) is 0 Å². The van der Waals surface area contributed by atoms with Gasteiger partial charge >= 0.3 is 5.97 Å². The summed E-state index contributed by atoms with van der Waals surface area (Å²) in [6.07, 6.45) is 2.01. The van der Waals surface area contributed by atoms with Crippen LogP contribution in [0.5, 0.6) is 0 Å². The Hall–Kier alpha value is -3.22. The Morgan fingerprint density at radius 1 is 1.17 bits per heavy atom. The van der Waals surface area contributed by atoms with Crippen LogP contribution >= 0.6 is 0 Å². The van der Waals surface area contributed by atoms with Crippen LogP contribution < -0.4 is 4.90 Å². The molecule has 7 nitrogen and oxygen atoms in total. The van der Waals surface area contributed by atoms with Gasteiger partial charge in [-0.3, -0.25) is 19.5 Å². The Kier molecular flexibility index (Phi) is 4.82. The summed E-state index contributed by atoms with van der Waals surface area (Å²) in [5, 5.41) is 0. The molecule has 4 rings (SSSR count). The number of carbonyl (C=O) groups excluding carboxylic acids is 3. The van der Waals surface area contributed by atoms with Gasteiger partial charge in [0.15, 0.2) is 0 Å². The highest BCUT2D eigenvalue weighted by molar-refractivity contribution is 6.15. The zero-order chi connectivity index (χ0) is 20.6. The molecule has 1 fully saturated rings. The Morgan fingerprint density at radius 2 is 1.93 bits per heavy atom. The molecule has 1 aromatic carbocycles. The van der Waals surface area contributed by atoms with Gasteiger partial charge in [-0.25, -0.2) is 4.79 Å². The lowest BCUT2D eigenvalue weighted by molar-refractivity contribution is -0.159. The quantitative estimate of drug-likeness (QED) is 0.730. The van der Waals surface area contributed by atoms with Crippen LogP contribution in [-0.4, -0.2) is 39.9 Å². The zero-order valence-electron chi connectivity index (χ0n) is 16.5. The molecule has 2 amide bonds. The van der Waals surface area contributed by atoms with E-state index in [0.29, 0.717) is 23.5 Å². The second-order valence-corrected chi connectivity index (χ2v) is 7.77. The maximum absolute atomic E-state index is 13.4. The summed E-state index contributed by atoms with van der Waals surface area (Å²) in [6, 6.07) is 12.3. The van der Waals surface area contributed by atoms with E-state index in [2.05, 4.69) is 4.98 Å². The molecule has 2 aliphatic rings. The normalized spacial score (nSPS) is 20.7. The van der Waals surface area contributed by atoms with Gasteiger partial charge in [-0.15, -0.1) is 0 Å². The van der Waals surface area contributed by atoms with Crippen LogP contribution in [0.4, 0.5) is 5.69 Å². The number of carbonyl (C=O) groups is 3. The number of esters is 1. The van der Waals surface area contributed by atoms with Crippen LogP contribution in [0.1, 0.15) is 42.7 Å². The maximum Gasteiger partial charge on any atom is 0.354 e. The first kappa shape index (κ1) is 19.1. The van der Waals surface area contributed by atoms with Crippen molar-refractivity contribution >= 4 is 23.5 Å². The maximum atomic E-state index is 13.4. The summed E-state index contributed by atoms with van der Waals surface area (Å²) < 4.78 is 5.61. The lowest BCUT2D eigenvalue weighted by Gasteiger charge is -2.48. The highest BCUT2D eigenvalue weighted by Crippen LogP contribution is 2.45. The Bertz CT molecular complexity index is 960. The van der Waals surface area contributed by atoms with E-state index in [9.17, 15) is 14.4 Å². The highest BCUT2D eigenvalue weighted by Gasteiger charge is 2.61. The number of anilines is 1. The van der Waals surface area contributed by atoms with Crippen molar-refractivity contribution in [3.8, 4) is 0 Å². The van der Waals surface area contributed by atoms with E-state index in [1.807, 2.05) is 19.9 Å². The number of hydrogen-bond acceptors (Lipinski definition) is 5. The third-order valence-electron chi connectivity index (χ3n) is 5.33. The molecule has 0 saturated carbocycles. The SMILES string of the molecule is CC(C)CN1C(=O)c2ccccc2N2C(=O)CCC12C(=O)OCc1ccccn1. The predicted molar refractivity (Wildman–Crippen MR) is 106 cm³/mol. The Balaban J connectivity index is 1.77. The molecule has 0 spiro atoms. The van der Waals surface area contributed by atoms with Gasteiger partial charge in [0.1, 0.15) is 6.61 Å². The standard InChI is InChI=1S/C22H23N3O4/c1-15(2)13-24-20(27)17-8-3-4-9-18(17)25-19(26)10-11-22(24,25)21(28)29-14-16-7-5-6-12-23-16/h3-9,12,15H,10-11,13-14H2,1-2H3. The minimum absolute atomic E-state index is 0.0190. The van der Waals surface area contributed by atoms with Gasteiger partial charge in [0, 0.05) is 25.6 Å². The number of fused-ring (bicyclic) bond motifs is 3. The highest BCUT2D eigenvalue weighted by atomic mass is 16.5. The molecule has 29 heavy (non-hydrogen) atoms. The van der Waals surface area contributed by atoms with Crippen molar-refractivity contribution in [2.45, 2.75) is 39.0 Å². The van der Waals surface area contributed by atoms with Crippen LogP contribution in [0.15, 0.2) is 48.7 Å². The second-order valence-electron chi connectivity index (χ2n) is 7.77. The van der Waals surface area contributed by atoms with E-state index in [1.165, 1.54) is 9.80 Å². The number of hydrogen-bond donors (Lipinski definition) is 0. The number of ether oxygens (including phenoxy) is 1. The van der Waals surface area contributed by atoms with E-state index in [4.69, 9.17) is 4.74 Å². The van der Waals surface area contributed by atoms with E-state index >= 15 is 0 Å². The topological polar surface area (TPSA) is 79.8 Å². The van der Waals surface area contributed by atoms with Gasteiger partial charge < -0.3 is 9.64 Å². The molecule has 3 heterocycles. The monoisotopic (exact) mass is 393 g/mol. The molecule has 0 bridgehead atoms. The van der Waals surface area contributed by atoms with E-state index < -0.39 is 11.6 Å². The van der Waals surface area contributed by atoms with Gasteiger partial charge in [-0.2, -0.15) is 0 Å². The zero-order valence-corrected chi connectivity index (χ0v) is 16.5. The molecule has 0 radical (unpaired) electrons. The summed E-state index contributed by atoms with van der Waals surface area (Å²) in [7, 11) is 0. The van der Waals surface area contributed by atoms with Crippen molar-refractivity contribution in [3.63, 3.8) is 0 Å². The van der Waals surface area contributed by atoms with Crippen LogP contribution in [0.3, 0.4) is 0 Å². The molecule has 0 N–H and O–H groups in total. The largest absolute Gasteiger partial charge is 0.456 e. The number of pyridine rings is 1. The fraction of sp³-hybridized carbons (Fsp3) is 0.364. The molecule has 2 aliphatic heterocycles. The average Bonchev–Trinajstić information content (AvgIpc) is 3.08. The molecule has 150 valence electrons. The van der Waals surface area contributed by atoms with E-state index in [1.54, 1.807) is 42.6 Å². The van der Waals surface area contributed by atoms with Crippen LogP contribution in [0, 0.1) is 5.92 Å². The number of nitrogens with zero attached hydrogens (tertiary/aromatic N) is 3. The first-order chi connectivity index (χ1) is 13.9. The molecule has 2 aromatic rings. The van der Waals surface area contributed by atoms with Crippen molar-refractivity contribution in [1.82, 2.24) is 9.88 Å². The summed E-state index contributed by atoms with van der Waals surface area (Å²) in [6.45, 7) is 4.27. The fourth-order valence-corrected chi connectivity index (χ4v) is 4.10. The third-order valence-corrected chi connectivity index (χ3v) is 5.33. The molecular weight excluding hydrogens is 370 g/mol. The second kappa shape index (κ2) is 7.31. The van der Waals surface area contributed by atoms with Crippen molar-refractivity contribution in [3.05, 3.63) is 59.9 Å². The van der Waals surface area contributed by atoms with Crippen LogP contribution in [-0.2, 0) is 20.9 Å². The smallest absolute Gasteiger partial charge is 0.354 e. The van der Waals surface area contributed by atoms with Gasteiger partial charge in [-0.05, 0) is 30.2 Å². The average molecular weight is 393 g/mol. The molecule has 1 aromatic heterocycles. The number of rotatable bonds is 5. The number of aromatic nitrogens is 1. The molecular formula is C22H23N3O4. The first-order valence-electron chi connectivity index (χ1n) is 9.76. The summed E-state index contributed by atoms with van der Waals surface area (Å²) in [5.74, 6) is -0.928. The molecule has 0 aliphatic carbocycles. The fourth-order valence-electron chi connectivity index (χ4n) is 4.10. The van der Waals surface area contributed by atoms with Gasteiger partial charge in [0.25, 0.3) is 5.91 Å². The summed E-state index contributed by atoms with van der Waals surface area (Å²) >= 11 is 0. The van der Waals surface area contributed by atoms with Crippen LogP contribution in [0.2, 0.25) is 0 Å². The van der Waals surface area contributed by atoms with Crippen molar-refractivity contribution in [1.29, 1.82) is 0 Å². The first-order valence-corrected chi connectivity index (χ1v) is 9.76. The van der Waals surface area contributed by atoms with Crippen molar-refractivity contribution in [2.75, 3.05) is 11.4 Å². The third kappa shape index (κ3) is 3.06. The minimum atomic E-state index is -1.46. The number of benzene rings is 1. The van der Waals surface area contributed by atoms with Gasteiger partial charge in [-0.1, -0.05) is 32.0 Å². The molecule has 1 atom stereocenters. The van der Waals surface area contributed by atoms with Crippen molar-refractivity contribution < 1.29 is 19.1 Å². The number of para-hydroxylation sites is 1. The van der Waals surface area contributed by atoms with E-state index in [0.717, 1.165) is 0 Å². The van der Waals surface area contributed by atoms with Gasteiger partial charge in [0.05, 0.1) is 16.9 Å². The summed E-state index contributed by atoms with van der Waals surface area (Å²) in [5.41, 5.74) is 0.0408. The molecule has 7 heteroatoms. The lowest BCUT2D eigenvalue weighted by Crippen LogP contribution is -2.69. The molecule has 1 saturated heterocycles. The van der Waals surface area contributed by atoms with Crippen molar-refractivity contribution in [2.24, 2.45) is 5.92 Å².